The molecule has 0 saturated heterocycles. The molecule has 2 aromatic carbocycles. The summed E-state index contributed by atoms with van der Waals surface area (Å²) in [4.78, 5) is 17.2. The Balaban J connectivity index is 1.85. The van der Waals surface area contributed by atoms with Gasteiger partial charge in [-0.1, -0.05) is 53.2 Å². The maximum Gasteiger partial charge on any atom is 0.267 e. The zero-order chi connectivity index (χ0) is 17.4. The highest BCUT2D eigenvalue weighted by molar-refractivity contribution is 6.30. The second-order valence-corrected chi connectivity index (χ2v) is 6.26. The minimum absolute atomic E-state index is 0.181. The van der Waals surface area contributed by atoms with Gasteiger partial charge in [0.2, 0.25) is 0 Å². The van der Waals surface area contributed by atoms with Crippen LogP contribution < -0.4 is 5.56 Å². The molecule has 2 heterocycles. The van der Waals surface area contributed by atoms with Crippen molar-refractivity contribution in [2.45, 2.75) is 13.5 Å². The number of benzene rings is 2. The molecule has 4 rings (SSSR count). The molecule has 0 amide bonds. The van der Waals surface area contributed by atoms with Crippen LogP contribution in [0.5, 0.6) is 0 Å². The van der Waals surface area contributed by atoms with Crippen molar-refractivity contribution in [2.75, 3.05) is 0 Å². The lowest BCUT2D eigenvalue weighted by Gasteiger charge is -2.08. The van der Waals surface area contributed by atoms with E-state index in [-0.39, 0.29) is 11.3 Å². The van der Waals surface area contributed by atoms with Crippen molar-refractivity contribution in [3.05, 3.63) is 81.4 Å². The third-order valence-corrected chi connectivity index (χ3v) is 4.43. The van der Waals surface area contributed by atoms with Crippen LogP contribution in [0.25, 0.3) is 22.4 Å². The van der Waals surface area contributed by atoms with Gasteiger partial charge in [0.15, 0.2) is 0 Å². The molecule has 0 aliphatic rings. The summed E-state index contributed by atoms with van der Waals surface area (Å²) in [6.45, 7) is 2.46. The predicted octanol–water partition coefficient (Wildman–Crippen LogP) is 4.06. The average molecular weight is 352 g/mol. The van der Waals surface area contributed by atoms with E-state index in [1.807, 2.05) is 31.2 Å². The number of rotatable bonds is 3. The van der Waals surface area contributed by atoms with Crippen molar-refractivity contribution < 1.29 is 4.52 Å². The Morgan fingerprint density at radius 3 is 2.64 bits per heavy atom. The first-order valence-electron chi connectivity index (χ1n) is 7.79. The molecule has 2 aromatic heterocycles. The highest BCUT2D eigenvalue weighted by Gasteiger charge is 2.17. The SMILES string of the molecule is Cc1ccccc1Cn1cnc2onc(-c3ccc(Cl)cc3)c2c1=O. The molecule has 0 fully saturated rings. The maximum absolute atomic E-state index is 13.0. The van der Waals surface area contributed by atoms with E-state index in [2.05, 4.69) is 10.1 Å². The van der Waals surface area contributed by atoms with Crippen LogP contribution in [0.1, 0.15) is 11.1 Å². The number of halogens is 1. The Labute approximate surface area is 148 Å². The Hall–Kier alpha value is -2.92. The summed E-state index contributed by atoms with van der Waals surface area (Å²) < 4.78 is 6.81. The second kappa shape index (κ2) is 6.18. The lowest BCUT2D eigenvalue weighted by molar-refractivity contribution is 0.450. The number of fused-ring (bicyclic) bond motifs is 1. The first-order chi connectivity index (χ1) is 12.1. The summed E-state index contributed by atoms with van der Waals surface area (Å²) in [6, 6.07) is 15.1. The highest BCUT2D eigenvalue weighted by Crippen LogP contribution is 2.25. The molecular weight excluding hydrogens is 338 g/mol. The monoisotopic (exact) mass is 351 g/mol. The minimum atomic E-state index is -0.181. The fraction of sp³-hybridized carbons (Fsp3) is 0.105. The van der Waals surface area contributed by atoms with Crippen LogP contribution in [0.15, 0.2) is 64.2 Å². The van der Waals surface area contributed by atoms with Crippen LogP contribution >= 0.6 is 11.6 Å². The summed E-state index contributed by atoms with van der Waals surface area (Å²) in [5, 5.41) is 5.02. The Kier molecular flexibility index (Phi) is 3.86. The van der Waals surface area contributed by atoms with Crippen molar-refractivity contribution in [1.29, 1.82) is 0 Å². The van der Waals surface area contributed by atoms with Crippen molar-refractivity contribution in [3.8, 4) is 11.3 Å². The number of aryl methyl sites for hydroxylation is 1. The lowest BCUT2D eigenvalue weighted by atomic mass is 10.1. The Morgan fingerprint density at radius 1 is 1.12 bits per heavy atom. The molecule has 5 nitrogen and oxygen atoms in total. The number of hydrogen-bond acceptors (Lipinski definition) is 4. The van der Waals surface area contributed by atoms with E-state index in [0.29, 0.717) is 22.6 Å². The van der Waals surface area contributed by atoms with E-state index in [9.17, 15) is 4.79 Å². The summed E-state index contributed by atoms with van der Waals surface area (Å²) in [6.07, 6.45) is 1.49. The van der Waals surface area contributed by atoms with E-state index in [1.165, 1.54) is 6.33 Å². The van der Waals surface area contributed by atoms with Gasteiger partial charge in [-0.25, -0.2) is 4.98 Å². The predicted molar refractivity (Wildman–Crippen MR) is 96.8 cm³/mol. The first-order valence-corrected chi connectivity index (χ1v) is 8.16. The van der Waals surface area contributed by atoms with E-state index in [1.54, 1.807) is 28.8 Å². The molecule has 0 radical (unpaired) electrons. The van der Waals surface area contributed by atoms with Gasteiger partial charge in [0, 0.05) is 10.6 Å². The molecule has 124 valence electrons. The molecule has 0 spiro atoms. The Morgan fingerprint density at radius 2 is 1.88 bits per heavy atom. The van der Waals surface area contributed by atoms with Crippen molar-refractivity contribution in [2.24, 2.45) is 0 Å². The zero-order valence-electron chi connectivity index (χ0n) is 13.4. The van der Waals surface area contributed by atoms with Gasteiger partial charge in [0.1, 0.15) is 17.4 Å². The number of hydrogen-bond donors (Lipinski definition) is 0. The normalized spacial score (nSPS) is 11.1. The van der Waals surface area contributed by atoms with E-state index in [4.69, 9.17) is 16.1 Å². The molecule has 0 unspecified atom stereocenters. The van der Waals surface area contributed by atoms with Gasteiger partial charge < -0.3 is 4.52 Å². The van der Waals surface area contributed by atoms with Crippen LogP contribution in [0.2, 0.25) is 5.02 Å². The largest absolute Gasteiger partial charge is 0.335 e. The van der Waals surface area contributed by atoms with Crippen LogP contribution in [-0.2, 0) is 6.54 Å². The van der Waals surface area contributed by atoms with Crippen molar-refractivity contribution >= 4 is 22.7 Å². The number of nitrogens with zero attached hydrogens (tertiary/aromatic N) is 3. The highest BCUT2D eigenvalue weighted by atomic mass is 35.5. The van der Waals surface area contributed by atoms with Gasteiger partial charge in [-0.05, 0) is 30.2 Å². The number of aromatic nitrogens is 3. The molecule has 0 bridgehead atoms. The molecular formula is C19H14ClN3O2. The summed E-state index contributed by atoms with van der Waals surface area (Å²) in [5.74, 6) is 0. The third kappa shape index (κ3) is 2.83. The van der Waals surface area contributed by atoms with Crippen LogP contribution in [0.4, 0.5) is 0 Å². The zero-order valence-corrected chi connectivity index (χ0v) is 14.2. The molecule has 0 saturated carbocycles. The first kappa shape index (κ1) is 15.6. The minimum Gasteiger partial charge on any atom is -0.335 e. The van der Waals surface area contributed by atoms with Gasteiger partial charge in [-0.15, -0.1) is 0 Å². The molecule has 0 atom stereocenters. The van der Waals surface area contributed by atoms with Crippen molar-refractivity contribution in [3.63, 3.8) is 0 Å². The van der Waals surface area contributed by atoms with Gasteiger partial charge in [0.25, 0.3) is 11.3 Å². The quantitative estimate of drug-likeness (QED) is 0.558. The van der Waals surface area contributed by atoms with Gasteiger partial charge in [-0.3, -0.25) is 9.36 Å². The van der Waals surface area contributed by atoms with E-state index >= 15 is 0 Å². The fourth-order valence-corrected chi connectivity index (χ4v) is 2.89. The van der Waals surface area contributed by atoms with Gasteiger partial charge in [0.05, 0.1) is 6.54 Å². The van der Waals surface area contributed by atoms with Crippen LogP contribution in [0, 0.1) is 6.92 Å². The third-order valence-electron chi connectivity index (χ3n) is 4.18. The standard InChI is InChI=1S/C19H14ClN3O2/c1-12-4-2-3-5-14(12)10-23-11-21-18-16(19(23)24)17(22-25-18)13-6-8-15(20)9-7-13/h2-9,11H,10H2,1H3. The smallest absolute Gasteiger partial charge is 0.267 e. The van der Waals surface area contributed by atoms with Gasteiger partial charge >= 0.3 is 0 Å². The Bertz CT molecular complexity index is 1110. The molecule has 0 aliphatic heterocycles. The summed E-state index contributed by atoms with van der Waals surface area (Å²) >= 11 is 5.93. The molecule has 6 heteroatoms. The topological polar surface area (TPSA) is 60.9 Å². The summed E-state index contributed by atoms with van der Waals surface area (Å²) in [7, 11) is 0. The van der Waals surface area contributed by atoms with E-state index < -0.39 is 0 Å². The van der Waals surface area contributed by atoms with Crippen molar-refractivity contribution in [1.82, 2.24) is 14.7 Å². The fourth-order valence-electron chi connectivity index (χ4n) is 2.77. The molecule has 4 aromatic rings. The molecule has 25 heavy (non-hydrogen) atoms. The van der Waals surface area contributed by atoms with Gasteiger partial charge in [-0.2, -0.15) is 0 Å². The second-order valence-electron chi connectivity index (χ2n) is 5.82. The van der Waals surface area contributed by atoms with Crippen LogP contribution in [-0.4, -0.2) is 14.7 Å². The van der Waals surface area contributed by atoms with E-state index in [0.717, 1.165) is 16.7 Å². The lowest BCUT2D eigenvalue weighted by Crippen LogP contribution is -2.21. The molecule has 0 aliphatic carbocycles. The maximum atomic E-state index is 13.0. The summed E-state index contributed by atoms with van der Waals surface area (Å²) in [5.41, 5.74) is 3.47. The molecule has 0 N–H and O–H groups in total. The average Bonchev–Trinajstić information content (AvgIpc) is 3.05. The van der Waals surface area contributed by atoms with Crippen LogP contribution in [0.3, 0.4) is 0 Å².